The number of hydrogen-bond acceptors (Lipinski definition) is 3. The zero-order chi connectivity index (χ0) is 15.4. The van der Waals surface area contributed by atoms with Crippen molar-refractivity contribution in [3.8, 4) is 0 Å². The molecule has 1 aliphatic carbocycles. The van der Waals surface area contributed by atoms with E-state index in [1.54, 1.807) is 0 Å². The van der Waals surface area contributed by atoms with Gasteiger partial charge in [0.15, 0.2) is 0 Å². The van der Waals surface area contributed by atoms with Crippen LogP contribution in [0.15, 0.2) is 24.3 Å². The maximum absolute atomic E-state index is 2.96. The van der Waals surface area contributed by atoms with Gasteiger partial charge in [0, 0.05) is 0 Å². The van der Waals surface area contributed by atoms with Crippen molar-refractivity contribution in [2.75, 3.05) is 40.8 Å². The Morgan fingerprint density at radius 2 is 1.10 bits per heavy atom. The Bertz CT molecular complexity index is 326. The summed E-state index contributed by atoms with van der Waals surface area (Å²) in [5, 5.41) is 0. The summed E-state index contributed by atoms with van der Waals surface area (Å²) in [6.07, 6.45) is 10.7. The number of nitrogens with zero attached hydrogens (tertiary/aromatic N) is 3. The Balaban J connectivity index is 3.51. The molecule has 0 amide bonds. The molecule has 0 heterocycles. The monoisotopic (exact) mass is 357 g/mol. The van der Waals surface area contributed by atoms with Crippen molar-refractivity contribution < 1.29 is 21.1 Å². The topological polar surface area (TPSA) is 9.72 Å². The minimum absolute atomic E-state index is 0.245. The molecule has 0 unspecified atom stereocenters. The number of rotatable bonds is 8. The molecule has 0 bridgehead atoms. The molecule has 1 rings (SSSR count). The van der Waals surface area contributed by atoms with Gasteiger partial charge < -0.3 is 0 Å². The van der Waals surface area contributed by atoms with Gasteiger partial charge in [-0.1, -0.05) is 0 Å². The van der Waals surface area contributed by atoms with E-state index in [4.69, 9.17) is 0 Å². The van der Waals surface area contributed by atoms with E-state index in [0.717, 1.165) is 19.6 Å². The molecule has 3 nitrogen and oxygen atoms in total. The van der Waals surface area contributed by atoms with Crippen LogP contribution in [0.3, 0.4) is 0 Å². The fourth-order valence-corrected chi connectivity index (χ4v) is 19.3. The SMILES string of the molecule is CC[N](C)[Zr]([N](C)CC)([N](C)CC)[C]1(CC)C=CC=C1. The van der Waals surface area contributed by atoms with Crippen LogP contribution in [0.25, 0.3) is 0 Å². The van der Waals surface area contributed by atoms with Gasteiger partial charge in [-0.2, -0.15) is 0 Å². The molecule has 0 saturated carbocycles. The van der Waals surface area contributed by atoms with E-state index in [2.05, 4.69) is 81.7 Å². The van der Waals surface area contributed by atoms with Gasteiger partial charge in [0.25, 0.3) is 0 Å². The van der Waals surface area contributed by atoms with E-state index in [0.29, 0.717) is 0 Å². The second-order valence-electron chi connectivity index (χ2n) is 5.79. The van der Waals surface area contributed by atoms with Gasteiger partial charge in [-0.25, -0.2) is 0 Å². The average Bonchev–Trinajstić information content (AvgIpc) is 2.97. The molecule has 0 aromatic heterocycles. The summed E-state index contributed by atoms with van der Waals surface area (Å²) >= 11 is -2.96. The van der Waals surface area contributed by atoms with Crippen molar-refractivity contribution in [3.05, 3.63) is 24.3 Å². The molecule has 0 atom stereocenters. The molecule has 0 aliphatic heterocycles. The molecule has 1 aliphatic rings. The third-order valence-corrected chi connectivity index (χ3v) is 20.1. The quantitative estimate of drug-likeness (QED) is 0.658. The molecule has 0 radical (unpaired) electrons. The molecule has 116 valence electrons. The van der Waals surface area contributed by atoms with E-state index >= 15 is 0 Å². The van der Waals surface area contributed by atoms with Crippen LogP contribution in [0.1, 0.15) is 34.1 Å². The Kier molecular flexibility index (Phi) is 6.85. The van der Waals surface area contributed by atoms with Crippen LogP contribution in [-0.4, -0.2) is 49.3 Å². The minimum atomic E-state index is -2.96. The molecule has 4 heteroatoms. The molecule has 20 heavy (non-hydrogen) atoms. The van der Waals surface area contributed by atoms with Crippen LogP contribution in [0, 0.1) is 0 Å². The first-order valence-electron chi connectivity index (χ1n) is 7.97. The predicted molar refractivity (Wildman–Crippen MR) is 86.2 cm³/mol. The molecule has 0 aromatic rings. The zero-order valence-corrected chi connectivity index (χ0v) is 16.9. The van der Waals surface area contributed by atoms with Crippen molar-refractivity contribution in [1.29, 1.82) is 0 Å². The summed E-state index contributed by atoms with van der Waals surface area (Å²) in [5.41, 5.74) is 0. The van der Waals surface area contributed by atoms with Crippen molar-refractivity contribution in [2.24, 2.45) is 0 Å². The van der Waals surface area contributed by atoms with Gasteiger partial charge >= 0.3 is 132 Å². The van der Waals surface area contributed by atoms with Gasteiger partial charge in [0.1, 0.15) is 0 Å². The normalized spacial score (nSPS) is 17.9. The first kappa shape index (κ1) is 18.3. The molecule has 0 aromatic carbocycles. The summed E-state index contributed by atoms with van der Waals surface area (Å²) in [5.74, 6) is 0. The van der Waals surface area contributed by atoms with E-state index < -0.39 is 21.1 Å². The Hall–Kier alpha value is 0.243. The summed E-state index contributed by atoms with van der Waals surface area (Å²) in [6, 6.07) is 0. The van der Waals surface area contributed by atoms with Gasteiger partial charge in [-0.05, 0) is 0 Å². The Morgan fingerprint density at radius 3 is 1.35 bits per heavy atom. The molecule has 0 N–H and O–H groups in total. The van der Waals surface area contributed by atoms with E-state index in [9.17, 15) is 0 Å². The summed E-state index contributed by atoms with van der Waals surface area (Å²) in [4.78, 5) is 0. The standard InChI is InChI=1S/C7H9.3C3H8N.Zr/c1-2-7-5-3-4-6-7;3*1-3-4-2;/h3-6H,2H2,1H3;3*3H2,1-2H3;/q;3*-1;+3. The predicted octanol–water partition coefficient (Wildman–Crippen LogP) is 3.44. The van der Waals surface area contributed by atoms with Gasteiger partial charge in [0.05, 0.1) is 0 Å². The van der Waals surface area contributed by atoms with Crippen LogP contribution >= 0.6 is 0 Å². The van der Waals surface area contributed by atoms with Crippen molar-refractivity contribution in [2.45, 2.75) is 37.2 Å². The van der Waals surface area contributed by atoms with E-state index in [1.165, 1.54) is 6.42 Å². The van der Waals surface area contributed by atoms with Crippen LogP contribution in [0.5, 0.6) is 0 Å². The fraction of sp³-hybridized carbons (Fsp3) is 0.750. The second-order valence-corrected chi connectivity index (χ2v) is 16.8. The molecule has 0 saturated heterocycles. The third kappa shape index (κ3) is 2.65. The molecule has 0 fully saturated rings. The third-order valence-electron chi connectivity index (χ3n) is 5.13. The second kappa shape index (κ2) is 7.49. The van der Waals surface area contributed by atoms with Crippen LogP contribution < -0.4 is 0 Å². The zero-order valence-electron chi connectivity index (χ0n) is 14.5. The molecule has 0 spiro atoms. The van der Waals surface area contributed by atoms with E-state index in [1.807, 2.05) is 0 Å². The number of allylic oxidation sites excluding steroid dienone is 4. The average molecular weight is 359 g/mol. The Labute approximate surface area is 131 Å². The van der Waals surface area contributed by atoms with Crippen molar-refractivity contribution in [1.82, 2.24) is 8.53 Å². The summed E-state index contributed by atoms with van der Waals surface area (Å²) in [7, 11) is 7.02. The van der Waals surface area contributed by atoms with Crippen molar-refractivity contribution >= 4 is 0 Å². The van der Waals surface area contributed by atoms with Crippen LogP contribution in [0.2, 0.25) is 3.12 Å². The maximum atomic E-state index is 2.70. The molecular weight excluding hydrogens is 325 g/mol. The fourth-order valence-electron chi connectivity index (χ4n) is 3.81. The summed E-state index contributed by atoms with van der Waals surface area (Å²) < 4.78 is 8.34. The van der Waals surface area contributed by atoms with E-state index in [-0.39, 0.29) is 3.12 Å². The number of hydrogen-bond donors (Lipinski definition) is 0. The molecular formula is C16H33N3Zr. The summed E-state index contributed by atoms with van der Waals surface area (Å²) in [6.45, 7) is 12.6. The van der Waals surface area contributed by atoms with Gasteiger partial charge in [-0.15, -0.1) is 0 Å². The van der Waals surface area contributed by atoms with Crippen LogP contribution in [0.4, 0.5) is 0 Å². The first-order chi connectivity index (χ1) is 9.46. The van der Waals surface area contributed by atoms with Gasteiger partial charge in [-0.3, -0.25) is 0 Å². The van der Waals surface area contributed by atoms with Crippen molar-refractivity contribution in [3.63, 3.8) is 0 Å². The van der Waals surface area contributed by atoms with Crippen LogP contribution in [-0.2, 0) is 21.1 Å². The van der Waals surface area contributed by atoms with Gasteiger partial charge in [0.2, 0.25) is 0 Å². The Morgan fingerprint density at radius 1 is 0.750 bits per heavy atom. The first-order valence-corrected chi connectivity index (χ1v) is 12.5.